The summed E-state index contributed by atoms with van der Waals surface area (Å²) in [5.41, 5.74) is 2.06. The number of hydrogen-bond acceptors (Lipinski definition) is 4. The lowest BCUT2D eigenvalue weighted by Crippen LogP contribution is -2.45. The van der Waals surface area contributed by atoms with Crippen molar-refractivity contribution in [2.75, 3.05) is 13.7 Å². The van der Waals surface area contributed by atoms with Crippen molar-refractivity contribution >= 4 is 17.8 Å². The minimum atomic E-state index is -1.03. The molecule has 1 saturated heterocycles. The van der Waals surface area contributed by atoms with Gasteiger partial charge in [-0.1, -0.05) is 36.4 Å². The zero-order chi connectivity index (χ0) is 21.7. The number of carbonyl (C=O) groups excluding carboxylic acids is 3. The van der Waals surface area contributed by atoms with E-state index in [-0.39, 0.29) is 18.4 Å². The van der Waals surface area contributed by atoms with Crippen LogP contribution in [0.4, 0.5) is 4.79 Å². The van der Waals surface area contributed by atoms with Gasteiger partial charge < -0.3 is 15.4 Å². The topological polar surface area (TPSA) is 87.7 Å². The Balaban J connectivity index is 1.56. The van der Waals surface area contributed by atoms with Crippen LogP contribution in [0.15, 0.2) is 48.5 Å². The third kappa shape index (κ3) is 4.79. The fourth-order valence-electron chi connectivity index (χ4n) is 3.45. The Kier molecular flexibility index (Phi) is 6.40. The second-order valence-electron chi connectivity index (χ2n) is 7.70. The number of ether oxygens (including phenoxy) is 1. The SMILES string of the molecule is COc1ccc(CC[C@@]2(C)NC(=O)N(CC(=O)NCc3ccccc3C)C2=O)cc1. The third-order valence-corrected chi connectivity index (χ3v) is 5.46. The third-order valence-electron chi connectivity index (χ3n) is 5.46. The molecule has 30 heavy (non-hydrogen) atoms. The minimum Gasteiger partial charge on any atom is -0.497 e. The molecule has 1 fully saturated rings. The molecule has 0 saturated carbocycles. The highest BCUT2D eigenvalue weighted by Gasteiger charge is 2.47. The fourth-order valence-corrected chi connectivity index (χ4v) is 3.45. The average molecular weight is 409 g/mol. The van der Waals surface area contributed by atoms with Gasteiger partial charge in [0.25, 0.3) is 5.91 Å². The van der Waals surface area contributed by atoms with Crippen molar-refractivity contribution in [3.63, 3.8) is 0 Å². The van der Waals surface area contributed by atoms with Crippen LogP contribution in [0.3, 0.4) is 0 Å². The van der Waals surface area contributed by atoms with E-state index >= 15 is 0 Å². The van der Waals surface area contributed by atoms with Crippen LogP contribution in [0, 0.1) is 6.92 Å². The van der Waals surface area contributed by atoms with E-state index in [0.29, 0.717) is 19.4 Å². The van der Waals surface area contributed by atoms with Crippen LogP contribution >= 0.6 is 0 Å². The summed E-state index contributed by atoms with van der Waals surface area (Å²) < 4.78 is 5.15. The number of rotatable bonds is 8. The van der Waals surface area contributed by atoms with Gasteiger partial charge in [-0.2, -0.15) is 0 Å². The van der Waals surface area contributed by atoms with Crippen LogP contribution in [0.2, 0.25) is 0 Å². The largest absolute Gasteiger partial charge is 0.497 e. The fraction of sp³-hybridized carbons (Fsp3) is 0.348. The van der Waals surface area contributed by atoms with Crippen LogP contribution in [0.5, 0.6) is 5.75 Å². The quantitative estimate of drug-likeness (QED) is 0.656. The summed E-state index contributed by atoms with van der Waals surface area (Å²) in [5.74, 6) is 0.00584. The normalized spacial score (nSPS) is 18.3. The number of benzene rings is 2. The molecule has 1 atom stereocenters. The highest BCUT2D eigenvalue weighted by molar-refractivity contribution is 6.08. The number of hydrogen-bond donors (Lipinski definition) is 2. The summed E-state index contributed by atoms with van der Waals surface area (Å²) in [4.78, 5) is 38.5. The first-order chi connectivity index (χ1) is 14.3. The van der Waals surface area contributed by atoms with Gasteiger partial charge in [0.2, 0.25) is 5.91 Å². The summed E-state index contributed by atoms with van der Waals surface area (Å²) in [7, 11) is 1.61. The van der Waals surface area contributed by atoms with Crippen LogP contribution in [0.25, 0.3) is 0 Å². The van der Waals surface area contributed by atoms with Gasteiger partial charge in [-0.05, 0) is 55.5 Å². The Morgan fingerprint density at radius 1 is 1.13 bits per heavy atom. The molecule has 7 heteroatoms. The minimum absolute atomic E-state index is 0.297. The molecule has 4 amide bonds. The molecular weight excluding hydrogens is 382 g/mol. The zero-order valence-corrected chi connectivity index (χ0v) is 17.5. The average Bonchev–Trinajstić information content (AvgIpc) is 2.95. The van der Waals surface area contributed by atoms with Gasteiger partial charge in [-0.15, -0.1) is 0 Å². The van der Waals surface area contributed by atoms with E-state index in [0.717, 1.165) is 27.3 Å². The molecule has 7 nitrogen and oxygen atoms in total. The van der Waals surface area contributed by atoms with E-state index in [9.17, 15) is 14.4 Å². The van der Waals surface area contributed by atoms with Crippen molar-refractivity contribution in [1.82, 2.24) is 15.5 Å². The molecule has 2 N–H and O–H groups in total. The molecule has 3 rings (SSSR count). The number of nitrogens with one attached hydrogen (secondary N) is 2. The van der Waals surface area contributed by atoms with E-state index in [4.69, 9.17) is 4.74 Å². The van der Waals surface area contributed by atoms with Crippen LogP contribution < -0.4 is 15.4 Å². The van der Waals surface area contributed by atoms with Crippen molar-refractivity contribution in [1.29, 1.82) is 0 Å². The number of urea groups is 1. The van der Waals surface area contributed by atoms with Crippen molar-refractivity contribution in [3.8, 4) is 5.75 Å². The predicted molar refractivity (Wildman–Crippen MR) is 113 cm³/mol. The Labute approximate surface area is 176 Å². The predicted octanol–water partition coefficient (Wildman–Crippen LogP) is 2.56. The van der Waals surface area contributed by atoms with Crippen molar-refractivity contribution in [2.24, 2.45) is 0 Å². The molecule has 1 aliphatic rings. The lowest BCUT2D eigenvalue weighted by Gasteiger charge is -2.21. The Hall–Kier alpha value is -3.35. The molecule has 0 spiro atoms. The van der Waals surface area contributed by atoms with E-state index in [1.807, 2.05) is 55.5 Å². The first-order valence-corrected chi connectivity index (χ1v) is 9.90. The molecule has 1 aliphatic heterocycles. The highest BCUT2D eigenvalue weighted by Crippen LogP contribution is 2.24. The summed E-state index contributed by atoms with van der Waals surface area (Å²) in [6.45, 7) is 3.72. The van der Waals surface area contributed by atoms with Gasteiger partial charge in [-0.3, -0.25) is 14.5 Å². The number of imide groups is 1. The number of methoxy groups -OCH3 is 1. The second kappa shape index (κ2) is 8.98. The first-order valence-electron chi connectivity index (χ1n) is 9.90. The van der Waals surface area contributed by atoms with Crippen LogP contribution in [-0.4, -0.2) is 41.9 Å². The van der Waals surface area contributed by atoms with Gasteiger partial charge in [0.15, 0.2) is 0 Å². The Bertz CT molecular complexity index is 942. The Morgan fingerprint density at radius 3 is 2.50 bits per heavy atom. The molecular formula is C23H27N3O4. The molecule has 2 aromatic carbocycles. The Morgan fingerprint density at radius 2 is 1.83 bits per heavy atom. The number of amides is 4. The molecule has 1 heterocycles. The summed E-state index contributed by atoms with van der Waals surface area (Å²) in [6.07, 6.45) is 1.05. The highest BCUT2D eigenvalue weighted by atomic mass is 16.5. The summed E-state index contributed by atoms with van der Waals surface area (Å²) >= 11 is 0. The van der Waals surface area contributed by atoms with Gasteiger partial charge in [-0.25, -0.2) is 4.79 Å². The van der Waals surface area contributed by atoms with Gasteiger partial charge in [0.1, 0.15) is 17.8 Å². The molecule has 0 bridgehead atoms. The van der Waals surface area contributed by atoms with E-state index < -0.39 is 11.6 Å². The summed E-state index contributed by atoms with van der Waals surface area (Å²) in [5, 5.41) is 5.52. The van der Waals surface area contributed by atoms with Crippen molar-refractivity contribution in [2.45, 2.75) is 38.8 Å². The number of nitrogens with zero attached hydrogens (tertiary/aromatic N) is 1. The van der Waals surface area contributed by atoms with Crippen molar-refractivity contribution in [3.05, 3.63) is 65.2 Å². The van der Waals surface area contributed by atoms with Crippen LogP contribution in [-0.2, 0) is 22.6 Å². The molecule has 0 aromatic heterocycles. The van der Waals surface area contributed by atoms with E-state index in [1.165, 1.54) is 0 Å². The van der Waals surface area contributed by atoms with Gasteiger partial charge >= 0.3 is 6.03 Å². The maximum absolute atomic E-state index is 12.9. The smallest absolute Gasteiger partial charge is 0.325 e. The molecule has 2 aromatic rings. The lowest BCUT2D eigenvalue weighted by atomic mass is 9.93. The number of carbonyl (C=O) groups is 3. The summed E-state index contributed by atoms with van der Waals surface area (Å²) in [6, 6.07) is 14.8. The molecule has 0 radical (unpaired) electrons. The van der Waals surface area contributed by atoms with Crippen LogP contribution in [0.1, 0.15) is 30.0 Å². The standard InChI is InChI=1S/C23H27N3O4/c1-16-6-4-5-7-18(16)14-24-20(27)15-26-21(28)23(2,25-22(26)29)13-12-17-8-10-19(30-3)11-9-17/h4-11H,12-15H2,1-3H3,(H,24,27)(H,25,29)/t23-/m1/s1. The lowest BCUT2D eigenvalue weighted by molar-refractivity contribution is -0.134. The molecule has 0 unspecified atom stereocenters. The maximum atomic E-state index is 12.9. The second-order valence-corrected chi connectivity index (χ2v) is 7.70. The van der Waals surface area contributed by atoms with Gasteiger partial charge in [0, 0.05) is 6.54 Å². The first kappa shape index (κ1) is 21.4. The van der Waals surface area contributed by atoms with E-state index in [2.05, 4.69) is 10.6 Å². The maximum Gasteiger partial charge on any atom is 0.325 e. The molecule has 158 valence electrons. The van der Waals surface area contributed by atoms with Gasteiger partial charge in [0.05, 0.1) is 7.11 Å². The van der Waals surface area contributed by atoms with Crippen molar-refractivity contribution < 1.29 is 19.1 Å². The number of aryl methyl sites for hydroxylation is 2. The van der Waals surface area contributed by atoms with E-state index in [1.54, 1.807) is 14.0 Å². The molecule has 0 aliphatic carbocycles. The monoisotopic (exact) mass is 409 g/mol. The zero-order valence-electron chi connectivity index (χ0n) is 17.5.